The highest BCUT2D eigenvalue weighted by molar-refractivity contribution is 7.80. The second kappa shape index (κ2) is 4.24. The molecule has 1 heterocycles. The number of thiol groups is 1. The summed E-state index contributed by atoms with van der Waals surface area (Å²) in [5, 5.41) is 0. The second-order valence-electron chi connectivity index (χ2n) is 4.92. The largest absolute Gasteiger partial charge is 0.347 e. The summed E-state index contributed by atoms with van der Waals surface area (Å²) in [4.78, 5) is 15.8. The Labute approximate surface area is 101 Å². The fraction of sp³-hybridized carbons (Fsp3) is 0.667. The maximum Gasteiger partial charge on any atom is 0.347 e. The zero-order valence-corrected chi connectivity index (χ0v) is 10.8. The van der Waals surface area contributed by atoms with Gasteiger partial charge in [0.15, 0.2) is 0 Å². The Balaban J connectivity index is 2.31. The van der Waals surface area contributed by atoms with Gasteiger partial charge in [-0.2, -0.15) is 17.6 Å². The first-order chi connectivity index (χ1) is 7.56. The minimum atomic E-state index is -0.120. The lowest BCUT2D eigenvalue weighted by Gasteiger charge is -2.41. The fourth-order valence-corrected chi connectivity index (χ4v) is 2.76. The molecule has 0 atom stereocenters. The molecule has 88 valence electrons. The molecule has 3 nitrogen and oxygen atoms in total. The molecule has 0 aromatic carbocycles. The van der Waals surface area contributed by atoms with E-state index in [0.717, 1.165) is 23.7 Å². The van der Waals surface area contributed by atoms with Crippen LogP contribution in [0, 0.1) is 19.3 Å². The molecule has 1 fully saturated rings. The molecule has 1 aromatic rings. The highest BCUT2D eigenvalue weighted by Crippen LogP contribution is 2.43. The number of hydrogen-bond acceptors (Lipinski definition) is 3. The van der Waals surface area contributed by atoms with Crippen molar-refractivity contribution in [2.24, 2.45) is 5.41 Å². The topological polar surface area (TPSA) is 34.9 Å². The van der Waals surface area contributed by atoms with Crippen molar-refractivity contribution in [3.63, 3.8) is 0 Å². The van der Waals surface area contributed by atoms with Crippen LogP contribution in [0.15, 0.2) is 10.9 Å². The molecular formula is C12H18N2OS. The van der Waals surface area contributed by atoms with Crippen LogP contribution in [0.25, 0.3) is 0 Å². The third-order valence-electron chi connectivity index (χ3n) is 3.59. The normalized spacial score (nSPS) is 18.2. The minimum absolute atomic E-state index is 0.120. The van der Waals surface area contributed by atoms with E-state index in [1.807, 2.05) is 19.9 Å². The summed E-state index contributed by atoms with van der Waals surface area (Å²) in [5.41, 5.74) is 1.91. The predicted octanol–water partition coefficient (Wildman–Crippen LogP) is 1.96. The molecule has 0 saturated heterocycles. The van der Waals surface area contributed by atoms with E-state index in [9.17, 15) is 4.79 Å². The molecule has 0 radical (unpaired) electrons. The molecule has 4 heteroatoms. The zero-order valence-electron chi connectivity index (χ0n) is 9.86. The van der Waals surface area contributed by atoms with Gasteiger partial charge in [0.05, 0.1) is 0 Å². The Bertz CT molecular complexity index is 443. The molecule has 0 N–H and O–H groups in total. The summed E-state index contributed by atoms with van der Waals surface area (Å²) < 4.78 is 1.79. The van der Waals surface area contributed by atoms with Crippen LogP contribution in [0.1, 0.15) is 30.7 Å². The molecule has 0 unspecified atom stereocenters. The van der Waals surface area contributed by atoms with Crippen LogP contribution in [0.3, 0.4) is 0 Å². The highest BCUT2D eigenvalue weighted by Gasteiger charge is 2.36. The minimum Gasteiger partial charge on any atom is -0.296 e. The Kier molecular flexibility index (Phi) is 3.10. The van der Waals surface area contributed by atoms with Gasteiger partial charge in [-0.15, -0.1) is 0 Å². The lowest BCUT2D eigenvalue weighted by Crippen LogP contribution is -2.40. The lowest BCUT2D eigenvalue weighted by atomic mass is 9.70. The first-order valence-electron chi connectivity index (χ1n) is 5.72. The average Bonchev–Trinajstić information content (AvgIpc) is 2.14. The summed E-state index contributed by atoms with van der Waals surface area (Å²) in [7, 11) is 0. The van der Waals surface area contributed by atoms with Crippen LogP contribution >= 0.6 is 12.6 Å². The van der Waals surface area contributed by atoms with Crippen LogP contribution in [0.4, 0.5) is 0 Å². The molecule has 1 aromatic heterocycles. The van der Waals surface area contributed by atoms with Gasteiger partial charge in [0.2, 0.25) is 0 Å². The summed E-state index contributed by atoms with van der Waals surface area (Å²) in [5.74, 6) is 0.854. The maximum absolute atomic E-state index is 11.8. The Morgan fingerprint density at radius 3 is 2.62 bits per heavy atom. The predicted molar refractivity (Wildman–Crippen MR) is 68.1 cm³/mol. The maximum atomic E-state index is 11.8. The number of aromatic nitrogens is 2. The Hall–Kier alpha value is -0.770. The SMILES string of the molecule is Cc1cc(C)n(CC2(CS)CCC2)c(=O)n1. The summed E-state index contributed by atoms with van der Waals surface area (Å²) in [6.07, 6.45) is 3.61. The van der Waals surface area contributed by atoms with Crippen LogP contribution in [0.2, 0.25) is 0 Å². The molecule has 2 rings (SSSR count). The number of rotatable bonds is 3. The first kappa shape index (κ1) is 11.7. The van der Waals surface area contributed by atoms with Crippen molar-refractivity contribution in [3.05, 3.63) is 27.9 Å². The molecule has 0 spiro atoms. The van der Waals surface area contributed by atoms with E-state index in [-0.39, 0.29) is 11.1 Å². The van der Waals surface area contributed by atoms with Crippen molar-refractivity contribution >= 4 is 12.6 Å². The zero-order chi connectivity index (χ0) is 11.8. The molecular weight excluding hydrogens is 220 g/mol. The summed E-state index contributed by atoms with van der Waals surface area (Å²) in [6.45, 7) is 4.60. The van der Waals surface area contributed by atoms with E-state index in [1.54, 1.807) is 4.57 Å². The average molecular weight is 238 g/mol. The van der Waals surface area contributed by atoms with Gasteiger partial charge in [0, 0.05) is 17.9 Å². The number of nitrogens with zero attached hydrogens (tertiary/aromatic N) is 2. The molecule has 1 aliphatic rings. The Morgan fingerprint density at radius 1 is 1.50 bits per heavy atom. The van der Waals surface area contributed by atoms with Gasteiger partial charge >= 0.3 is 5.69 Å². The number of hydrogen-bond donors (Lipinski definition) is 1. The van der Waals surface area contributed by atoms with Gasteiger partial charge < -0.3 is 0 Å². The van der Waals surface area contributed by atoms with Crippen LogP contribution in [0.5, 0.6) is 0 Å². The highest BCUT2D eigenvalue weighted by atomic mass is 32.1. The van der Waals surface area contributed by atoms with E-state index in [4.69, 9.17) is 0 Å². The third kappa shape index (κ3) is 2.03. The van der Waals surface area contributed by atoms with Crippen LogP contribution < -0.4 is 5.69 Å². The summed E-state index contributed by atoms with van der Waals surface area (Å²) in [6, 6.07) is 1.96. The van der Waals surface area contributed by atoms with Gasteiger partial charge in [-0.1, -0.05) is 6.42 Å². The van der Waals surface area contributed by atoms with Crippen molar-refractivity contribution in [1.82, 2.24) is 9.55 Å². The van der Waals surface area contributed by atoms with Crippen LogP contribution in [-0.4, -0.2) is 15.3 Å². The van der Waals surface area contributed by atoms with E-state index in [0.29, 0.717) is 0 Å². The molecule has 16 heavy (non-hydrogen) atoms. The standard InChI is InChI=1S/C12H18N2OS/c1-9-6-10(2)14(11(15)13-9)7-12(8-16)4-3-5-12/h6,16H,3-5,7-8H2,1-2H3. The van der Waals surface area contributed by atoms with E-state index >= 15 is 0 Å². The van der Waals surface area contributed by atoms with E-state index < -0.39 is 0 Å². The van der Waals surface area contributed by atoms with Crippen molar-refractivity contribution < 1.29 is 0 Å². The van der Waals surface area contributed by atoms with Gasteiger partial charge in [-0.3, -0.25) is 4.57 Å². The molecule has 1 saturated carbocycles. The third-order valence-corrected chi connectivity index (χ3v) is 4.26. The second-order valence-corrected chi connectivity index (χ2v) is 5.24. The van der Waals surface area contributed by atoms with Crippen molar-refractivity contribution in [3.8, 4) is 0 Å². The molecule has 0 bridgehead atoms. The van der Waals surface area contributed by atoms with Gasteiger partial charge in [0.25, 0.3) is 0 Å². The fourth-order valence-electron chi connectivity index (χ4n) is 2.35. The van der Waals surface area contributed by atoms with Crippen molar-refractivity contribution in [1.29, 1.82) is 0 Å². The van der Waals surface area contributed by atoms with Crippen molar-refractivity contribution in [2.45, 2.75) is 39.7 Å². The molecule has 0 amide bonds. The monoisotopic (exact) mass is 238 g/mol. The van der Waals surface area contributed by atoms with Gasteiger partial charge in [0.1, 0.15) is 0 Å². The van der Waals surface area contributed by atoms with E-state index in [1.165, 1.54) is 19.3 Å². The van der Waals surface area contributed by atoms with Crippen molar-refractivity contribution in [2.75, 3.05) is 5.75 Å². The summed E-state index contributed by atoms with van der Waals surface area (Å²) >= 11 is 4.42. The first-order valence-corrected chi connectivity index (χ1v) is 6.36. The number of aryl methyl sites for hydroxylation is 2. The van der Waals surface area contributed by atoms with Gasteiger partial charge in [-0.25, -0.2) is 4.79 Å². The molecule has 1 aliphatic carbocycles. The smallest absolute Gasteiger partial charge is 0.296 e. The molecule has 0 aliphatic heterocycles. The quantitative estimate of drug-likeness (QED) is 0.817. The Morgan fingerprint density at radius 2 is 2.19 bits per heavy atom. The lowest BCUT2D eigenvalue weighted by molar-refractivity contribution is 0.135. The van der Waals surface area contributed by atoms with Crippen LogP contribution in [-0.2, 0) is 6.54 Å². The van der Waals surface area contributed by atoms with E-state index in [2.05, 4.69) is 17.6 Å². The van der Waals surface area contributed by atoms with Gasteiger partial charge in [-0.05, 0) is 43.9 Å².